The summed E-state index contributed by atoms with van der Waals surface area (Å²) in [6.45, 7) is -0.599. The van der Waals surface area contributed by atoms with Crippen LogP contribution in [0.5, 0.6) is 0 Å². The molecule has 1 aliphatic carbocycles. The number of halogens is 2. The van der Waals surface area contributed by atoms with Crippen LogP contribution in [0, 0.1) is 0 Å². The summed E-state index contributed by atoms with van der Waals surface area (Å²) in [6.07, 6.45) is 5.10. The molecule has 2 rings (SSSR count). The molecule has 1 aromatic rings. The Morgan fingerprint density at radius 2 is 1.71 bits per heavy atom. The van der Waals surface area contributed by atoms with Crippen LogP contribution in [0.3, 0.4) is 0 Å². The third kappa shape index (κ3) is 5.39. The maximum Gasteiger partial charge on any atom is 0.341 e. The van der Waals surface area contributed by atoms with Crippen LogP contribution in [-0.2, 0) is 9.53 Å². The van der Waals surface area contributed by atoms with Crippen molar-refractivity contribution in [2.45, 2.75) is 38.1 Å². The third-order valence-electron chi connectivity index (χ3n) is 3.69. The van der Waals surface area contributed by atoms with Gasteiger partial charge in [-0.1, -0.05) is 48.5 Å². The fourth-order valence-electron chi connectivity index (χ4n) is 2.53. The molecule has 3 amide bonds. The molecule has 1 fully saturated rings. The van der Waals surface area contributed by atoms with Crippen molar-refractivity contribution >= 4 is 41.1 Å². The minimum atomic E-state index is -0.826. The van der Waals surface area contributed by atoms with Crippen LogP contribution in [0.1, 0.15) is 42.5 Å². The molecule has 0 heterocycles. The number of carbonyl (C=O) groups excluding carboxylic acids is 3. The zero-order valence-electron chi connectivity index (χ0n) is 12.9. The third-order valence-corrected chi connectivity index (χ3v) is 4.32. The zero-order chi connectivity index (χ0) is 17.5. The minimum Gasteiger partial charge on any atom is -0.452 e. The summed E-state index contributed by atoms with van der Waals surface area (Å²) in [7, 11) is 0. The zero-order valence-corrected chi connectivity index (χ0v) is 14.5. The second kappa shape index (κ2) is 8.89. The molecule has 1 saturated carbocycles. The lowest BCUT2D eigenvalue weighted by Crippen LogP contribution is -2.46. The van der Waals surface area contributed by atoms with Crippen molar-refractivity contribution < 1.29 is 19.1 Å². The second-order valence-electron chi connectivity index (χ2n) is 5.53. The molecular formula is C16H18Cl2N2O4. The molecule has 1 aliphatic rings. The van der Waals surface area contributed by atoms with Gasteiger partial charge in [-0.3, -0.25) is 10.1 Å². The molecule has 0 aromatic heterocycles. The number of esters is 1. The van der Waals surface area contributed by atoms with Crippen LogP contribution in [0.25, 0.3) is 0 Å². The highest BCUT2D eigenvalue weighted by molar-refractivity contribution is 6.39. The average Bonchev–Trinajstić information content (AvgIpc) is 2.53. The van der Waals surface area contributed by atoms with E-state index in [2.05, 4.69) is 10.6 Å². The van der Waals surface area contributed by atoms with Gasteiger partial charge in [-0.05, 0) is 25.0 Å². The number of ether oxygens (including phenoxy) is 1. The first-order chi connectivity index (χ1) is 11.5. The van der Waals surface area contributed by atoms with Crippen LogP contribution in [0.4, 0.5) is 4.79 Å². The van der Waals surface area contributed by atoms with Crippen molar-refractivity contribution in [1.82, 2.24) is 10.6 Å². The second-order valence-corrected chi connectivity index (χ2v) is 6.34. The fraction of sp³-hybridized carbons (Fsp3) is 0.438. The predicted molar refractivity (Wildman–Crippen MR) is 90.3 cm³/mol. The highest BCUT2D eigenvalue weighted by Crippen LogP contribution is 2.24. The average molecular weight is 373 g/mol. The number of urea groups is 1. The van der Waals surface area contributed by atoms with Crippen LogP contribution < -0.4 is 10.6 Å². The highest BCUT2D eigenvalue weighted by Gasteiger charge is 2.19. The van der Waals surface area contributed by atoms with Crippen molar-refractivity contribution in [1.29, 1.82) is 0 Å². The minimum absolute atomic E-state index is 0.0136. The van der Waals surface area contributed by atoms with Gasteiger partial charge in [0, 0.05) is 6.04 Å². The molecule has 130 valence electrons. The summed E-state index contributed by atoms with van der Waals surface area (Å²) in [4.78, 5) is 35.3. The molecular weight excluding hydrogens is 355 g/mol. The quantitative estimate of drug-likeness (QED) is 0.793. The van der Waals surface area contributed by atoms with Gasteiger partial charge in [0.2, 0.25) is 0 Å². The molecule has 0 aliphatic heterocycles. The van der Waals surface area contributed by atoms with E-state index in [1.807, 2.05) is 0 Å². The first-order valence-electron chi connectivity index (χ1n) is 7.69. The number of carbonyl (C=O) groups is 3. The van der Waals surface area contributed by atoms with Crippen molar-refractivity contribution in [3.8, 4) is 0 Å². The van der Waals surface area contributed by atoms with E-state index in [1.165, 1.54) is 18.6 Å². The molecule has 6 nitrogen and oxygen atoms in total. The van der Waals surface area contributed by atoms with Crippen molar-refractivity contribution in [3.63, 3.8) is 0 Å². The van der Waals surface area contributed by atoms with Crippen molar-refractivity contribution in [3.05, 3.63) is 33.8 Å². The fourth-order valence-corrected chi connectivity index (χ4v) is 3.08. The molecule has 0 radical (unpaired) electrons. The monoisotopic (exact) mass is 372 g/mol. The van der Waals surface area contributed by atoms with E-state index in [1.54, 1.807) is 6.07 Å². The summed E-state index contributed by atoms with van der Waals surface area (Å²) in [5.74, 6) is -1.55. The number of amides is 3. The van der Waals surface area contributed by atoms with E-state index >= 15 is 0 Å². The molecule has 2 N–H and O–H groups in total. The Morgan fingerprint density at radius 3 is 2.33 bits per heavy atom. The van der Waals surface area contributed by atoms with Crippen LogP contribution in [0.15, 0.2) is 18.2 Å². The van der Waals surface area contributed by atoms with E-state index in [0.29, 0.717) is 0 Å². The first-order valence-corrected chi connectivity index (χ1v) is 8.44. The lowest BCUT2D eigenvalue weighted by molar-refractivity contribution is -0.123. The Labute approximate surface area is 149 Å². The van der Waals surface area contributed by atoms with Gasteiger partial charge in [0.25, 0.3) is 5.91 Å². The molecule has 1 aromatic carbocycles. The number of rotatable bonds is 4. The number of benzene rings is 1. The van der Waals surface area contributed by atoms with Gasteiger partial charge in [-0.2, -0.15) is 0 Å². The molecule has 0 atom stereocenters. The van der Waals surface area contributed by atoms with E-state index in [9.17, 15) is 14.4 Å². The standard InChI is InChI=1S/C16H18Cl2N2O4/c17-11-7-4-8-12(18)14(11)15(22)24-9-13(21)20-16(23)19-10-5-2-1-3-6-10/h4,7-8,10H,1-3,5-6,9H2,(H2,19,20,21,23). The lowest BCUT2D eigenvalue weighted by atomic mass is 9.96. The number of hydrogen-bond acceptors (Lipinski definition) is 4. The van der Waals surface area contributed by atoms with Crippen molar-refractivity contribution in [2.75, 3.05) is 6.61 Å². The van der Waals surface area contributed by atoms with Crippen LogP contribution in [0.2, 0.25) is 10.0 Å². The number of imide groups is 1. The summed E-state index contributed by atoms with van der Waals surface area (Å²) in [5.41, 5.74) is -0.0136. The Kier molecular flexibility index (Phi) is 6.87. The summed E-state index contributed by atoms with van der Waals surface area (Å²) in [6, 6.07) is 4.06. The normalized spacial score (nSPS) is 14.8. The number of hydrogen-bond donors (Lipinski definition) is 2. The Bertz CT molecular complexity index is 610. The van der Waals surface area contributed by atoms with Gasteiger partial charge < -0.3 is 10.1 Å². The SMILES string of the molecule is O=C(COC(=O)c1c(Cl)cccc1Cl)NC(=O)NC1CCCCC1. The summed E-state index contributed by atoms with van der Waals surface area (Å²) in [5, 5.41) is 5.12. The largest absolute Gasteiger partial charge is 0.452 e. The number of nitrogens with one attached hydrogen (secondary N) is 2. The Morgan fingerprint density at radius 1 is 1.08 bits per heavy atom. The van der Waals surface area contributed by atoms with Gasteiger partial charge in [0.05, 0.1) is 15.6 Å². The topological polar surface area (TPSA) is 84.5 Å². The molecule has 0 bridgehead atoms. The Balaban J connectivity index is 1.78. The molecule has 8 heteroatoms. The highest BCUT2D eigenvalue weighted by atomic mass is 35.5. The molecule has 0 unspecified atom stereocenters. The lowest BCUT2D eigenvalue weighted by Gasteiger charge is -2.22. The van der Waals surface area contributed by atoms with Crippen molar-refractivity contribution in [2.24, 2.45) is 0 Å². The summed E-state index contributed by atoms with van der Waals surface area (Å²) < 4.78 is 4.84. The molecule has 0 saturated heterocycles. The van der Waals surface area contributed by atoms with Crippen LogP contribution in [-0.4, -0.2) is 30.6 Å². The molecule has 24 heavy (non-hydrogen) atoms. The van der Waals surface area contributed by atoms with Gasteiger partial charge >= 0.3 is 12.0 Å². The maximum atomic E-state index is 11.9. The Hall–Kier alpha value is -1.79. The summed E-state index contributed by atoms with van der Waals surface area (Å²) >= 11 is 11.8. The van der Waals surface area contributed by atoms with Gasteiger partial charge in [0.15, 0.2) is 6.61 Å². The first kappa shape index (κ1) is 18.5. The molecule has 0 spiro atoms. The van der Waals surface area contributed by atoms with Gasteiger partial charge in [-0.25, -0.2) is 9.59 Å². The van der Waals surface area contributed by atoms with Gasteiger partial charge in [-0.15, -0.1) is 0 Å². The van der Waals surface area contributed by atoms with Gasteiger partial charge in [0.1, 0.15) is 0 Å². The van der Waals surface area contributed by atoms with E-state index in [0.717, 1.165) is 25.7 Å². The van der Waals surface area contributed by atoms with E-state index in [-0.39, 0.29) is 21.7 Å². The van der Waals surface area contributed by atoms with Crippen LogP contribution >= 0.6 is 23.2 Å². The van der Waals surface area contributed by atoms with E-state index < -0.39 is 24.5 Å². The maximum absolute atomic E-state index is 11.9. The smallest absolute Gasteiger partial charge is 0.341 e. The van der Waals surface area contributed by atoms with E-state index in [4.69, 9.17) is 27.9 Å². The predicted octanol–water partition coefficient (Wildman–Crippen LogP) is 3.31.